The third kappa shape index (κ3) is 4.45. The normalized spacial score (nSPS) is 10.4. The summed E-state index contributed by atoms with van der Waals surface area (Å²) in [5.74, 6) is 0.455. The number of aromatic nitrogens is 2. The van der Waals surface area contributed by atoms with Gasteiger partial charge < -0.3 is 10.2 Å². The van der Waals surface area contributed by atoms with Crippen LogP contribution in [0.3, 0.4) is 0 Å². The van der Waals surface area contributed by atoms with Crippen molar-refractivity contribution in [1.29, 1.82) is 0 Å². The Hall–Kier alpha value is -3.21. The molecule has 1 aromatic heterocycles. The van der Waals surface area contributed by atoms with Crippen LogP contribution in [0.2, 0.25) is 0 Å². The summed E-state index contributed by atoms with van der Waals surface area (Å²) in [4.78, 5) is 22.9. The predicted molar refractivity (Wildman–Crippen MR) is 104 cm³/mol. The number of hydrogen-bond donors (Lipinski definition) is 1. The molecule has 0 bridgehead atoms. The largest absolute Gasteiger partial charge is 0.354 e. The molecule has 0 saturated carbocycles. The zero-order valence-electron chi connectivity index (χ0n) is 15.0. The SMILES string of the molecule is CCc1ccc(NC(=O)c2cnc(N(C)Cc3ccccc3)cn2)cc1. The fourth-order valence-electron chi connectivity index (χ4n) is 2.59. The lowest BCUT2D eigenvalue weighted by Crippen LogP contribution is -2.19. The molecule has 132 valence electrons. The summed E-state index contributed by atoms with van der Waals surface area (Å²) in [6, 6.07) is 17.9. The number of benzene rings is 2. The minimum absolute atomic E-state index is 0.265. The topological polar surface area (TPSA) is 58.1 Å². The molecule has 0 unspecified atom stereocenters. The average molecular weight is 346 g/mol. The summed E-state index contributed by atoms with van der Waals surface area (Å²) < 4.78 is 0. The number of hydrogen-bond acceptors (Lipinski definition) is 4. The highest BCUT2D eigenvalue weighted by atomic mass is 16.1. The molecule has 0 atom stereocenters. The number of carbonyl (C=O) groups is 1. The van der Waals surface area contributed by atoms with Gasteiger partial charge in [-0.1, -0.05) is 49.4 Å². The number of nitrogens with one attached hydrogen (secondary N) is 1. The van der Waals surface area contributed by atoms with Gasteiger partial charge in [0, 0.05) is 19.3 Å². The van der Waals surface area contributed by atoms with Crippen LogP contribution in [0.5, 0.6) is 0 Å². The number of amides is 1. The maximum atomic E-state index is 12.3. The summed E-state index contributed by atoms with van der Waals surface area (Å²) in [5.41, 5.74) is 3.46. The van der Waals surface area contributed by atoms with Crippen molar-refractivity contribution in [3.05, 3.63) is 83.8 Å². The monoisotopic (exact) mass is 346 g/mol. The second kappa shape index (κ2) is 8.25. The summed E-state index contributed by atoms with van der Waals surface area (Å²) in [5, 5.41) is 2.84. The Labute approximate surface area is 153 Å². The van der Waals surface area contributed by atoms with E-state index < -0.39 is 0 Å². The Morgan fingerprint density at radius 1 is 0.962 bits per heavy atom. The van der Waals surface area contributed by atoms with E-state index in [4.69, 9.17) is 0 Å². The molecule has 0 saturated heterocycles. The highest BCUT2D eigenvalue weighted by molar-refractivity contribution is 6.02. The van der Waals surface area contributed by atoms with Crippen LogP contribution >= 0.6 is 0 Å². The van der Waals surface area contributed by atoms with E-state index in [1.165, 1.54) is 17.3 Å². The van der Waals surface area contributed by atoms with Gasteiger partial charge >= 0.3 is 0 Å². The summed E-state index contributed by atoms with van der Waals surface area (Å²) >= 11 is 0. The van der Waals surface area contributed by atoms with E-state index in [9.17, 15) is 4.79 Å². The highest BCUT2D eigenvalue weighted by Gasteiger charge is 2.10. The molecule has 5 heteroatoms. The first kappa shape index (κ1) is 17.6. The van der Waals surface area contributed by atoms with Crippen molar-refractivity contribution in [2.24, 2.45) is 0 Å². The van der Waals surface area contributed by atoms with Crippen LogP contribution in [-0.2, 0) is 13.0 Å². The van der Waals surface area contributed by atoms with Crippen molar-refractivity contribution >= 4 is 17.4 Å². The average Bonchev–Trinajstić information content (AvgIpc) is 2.69. The van der Waals surface area contributed by atoms with Crippen LogP contribution in [0.25, 0.3) is 0 Å². The van der Waals surface area contributed by atoms with Crippen molar-refractivity contribution in [1.82, 2.24) is 9.97 Å². The fraction of sp³-hybridized carbons (Fsp3) is 0.190. The Bertz CT molecular complexity index is 845. The predicted octanol–water partition coefficient (Wildman–Crippen LogP) is 3.93. The Kier molecular flexibility index (Phi) is 5.59. The van der Waals surface area contributed by atoms with Crippen LogP contribution in [-0.4, -0.2) is 22.9 Å². The number of carbonyl (C=O) groups excluding carboxylic acids is 1. The molecule has 0 aliphatic carbocycles. The van der Waals surface area contributed by atoms with Crippen LogP contribution in [0, 0.1) is 0 Å². The van der Waals surface area contributed by atoms with Gasteiger partial charge in [-0.25, -0.2) is 9.97 Å². The van der Waals surface area contributed by atoms with E-state index in [0.717, 1.165) is 24.5 Å². The third-order valence-electron chi connectivity index (χ3n) is 4.14. The van der Waals surface area contributed by atoms with Gasteiger partial charge in [-0.3, -0.25) is 4.79 Å². The zero-order chi connectivity index (χ0) is 18.4. The minimum Gasteiger partial charge on any atom is -0.354 e. The van der Waals surface area contributed by atoms with E-state index in [-0.39, 0.29) is 5.91 Å². The lowest BCUT2D eigenvalue weighted by Gasteiger charge is -2.17. The second-order valence-corrected chi connectivity index (χ2v) is 6.11. The lowest BCUT2D eigenvalue weighted by molar-refractivity contribution is 0.102. The summed E-state index contributed by atoms with van der Waals surface area (Å²) in [6.45, 7) is 2.82. The lowest BCUT2D eigenvalue weighted by atomic mass is 10.1. The molecule has 5 nitrogen and oxygen atoms in total. The molecule has 0 fully saturated rings. The van der Waals surface area contributed by atoms with E-state index in [1.54, 1.807) is 6.20 Å². The minimum atomic E-state index is -0.265. The van der Waals surface area contributed by atoms with E-state index in [2.05, 4.69) is 34.3 Å². The molecular formula is C21H22N4O. The van der Waals surface area contributed by atoms with Gasteiger partial charge in [-0.2, -0.15) is 0 Å². The van der Waals surface area contributed by atoms with Gasteiger partial charge in [0.05, 0.1) is 12.4 Å². The van der Waals surface area contributed by atoms with Crippen molar-refractivity contribution in [2.45, 2.75) is 19.9 Å². The van der Waals surface area contributed by atoms with Crippen molar-refractivity contribution in [3.63, 3.8) is 0 Å². The molecule has 1 N–H and O–H groups in total. The van der Waals surface area contributed by atoms with Crippen molar-refractivity contribution in [2.75, 3.05) is 17.3 Å². The molecule has 0 aliphatic rings. The smallest absolute Gasteiger partial charge is 0.275 e. The summed E-state index contributed by atoms with van der Waals surface area (Å²) in [7, 11) is 1.95. The van der Waals surface area contributed by atoms with Crippen molar-refractivity contribution in [3.8, 4) is 0 Å². The number of nitrogens with zero attached hydrogens (tertiary/aromatic N) is 3. The van der Waals surface area contributed by atoms with E-state index in [1.807, 2.05) is 54.4 Å². The fourth-order valence-corrected chi connectivity index (χ4v) is 2.59. The van der Waals surface area contributed by atoms with Gasteiger partial charge in [0.25, 0.3) is 5.91 Å². The van der Waals surface area contributed by atoms with Crippen LogP contribution in [0.4, 0.5) is 11.5 Å². The van der Waals surface area contributed by atoms with Crippen LogP contribution in [0.15, 0.2) is 67.0 Å². The number of aryl methyl sites for hydroxylation is 1. The summed E-state index contributed by atoms with van der Waals surface area (Å²) in [6.07, 6.45) is 4.10. The molecule has 2 aromatic carbocycles. The van der Waals surface area contributed by atoms with E-state index >= 15 is 0 Å². The van der Waals surface area contributed by atoms with Crippen molar-refractivity contribution < 1.29 is 4.79 Å². The van der Waals surface area contributed by atoms with Crippen LogP contribution < -0.4 is 10.2 Å². The van der Waals surface area contributed by atoms with E-state index in [0.29, 0.717) is 5.69 Å². The molecule has 1 amide bonds. The standard InChI is InChI=1S/C21H22N4O/c1-3-16-9-11-18(12-10-16)24-21(26)19-13-23-20(14-22-19)25(2)15-17-7-5-4-6-8-17/h4-14H,3,15H2,1-2H3,(H,24,26). The number of rotatable bonds is 6. The van der Waals surface area contributed by atoms with Gasteiger partial charge in [0.15, 0.2) is 0 Å². The molecule has 0 radical (unpaired) electrons. The molecule has 0 aliphatic heterocycles. The quantitative estimate of drug-likeness (QED) is 0.735. The molecule has 3 rings (SSSR count). The Morgan fingerprint density at radius 3 is 2.31 bits per heavy atom. The Balaban J connectivity index is 1.63. The first-order valence-electron chi connectivity index (χ1n) is 8.63. The Morgan fingerprint density at radius 2 is 1.69 bits per heavy atom. The van der Waals surface area contributed by atoms with Crippen LogP contribution in [0.1, 0.15) is 28.5 Å². The zero-order valence-corrected chi connectivity index (χ0v) is 15.0. The maximum Gasteiger partial charge on any atom is 0.275 e. The molecule has 3 aromatic rings. The van der Waals surface area contributed by atoms with Gasteiger partial charge in [0.2, 0.25) is 0 Å². The molecule has 1 heterocycles. The highest BCUT2D eigenvalue weighted by Crippen LogP contribution is 2.13. The number of anilines is 2. The second-order valence-electron chi connectivity index (χ2n) is 6.11. The first-order valence-corrected chi connectivity index (χ1v) is 8.63. The van der Waals surface area contributed by atoms with Gasteiger partial charge in [0.1, 0.15) is 11.5 Å². The molecular weight excluding hydrogens is 324 g/mol. The molecule has 0 spiro atoms. The molecule has 26 heavy (non-hydrogen) atoms. The van der Waals surface area contributed by atoms with Gasteiger partial charge in [-0.15, -0.1) is 0 Å². The third-order valence-corrected chi connectivity index (χ3v) is 4.14. The maximum absolute atomic E-state index is 12.3. The van der Waals surface area contributed by atoms with Gasteiger partial charge in [-0.05, 0) is 29.7 Å². The first-order chi connectivity index (χ1) is 12.7.